The molecule has 0 radical (unpaired) electrons. The molecule has 3 aromatic rings. The molecular weight excluding hydrogens is 442 g/mol. The lowest BCUT2D eigenvalue weighted by Gasteiger charge is -2.33. The summed E-state index contributed by atoms with van der Waals surface area (Å²) in [5.74, 6) is -1.49. The summed E-state index contributed by atoms with van der Waals surface area (Å²) in [4.78, 5) is 14.7. The van der Waals surface area contributed by atoms with Gasteiger partial charge in [0.05, 0.1) is 36.7 Å². The molecule has 0 spiro atoms. The zero-order chi connectivity index (χ0) is 23.9. The molecule has 3 heterocycles. The van der Waals surface area contributed by atoms with E-state index < -0.39 is 28.9 Å². The Morgan fingerprint density at radius 3 is 2.64 bits per heavy atom. The molecule has 1 aliphatic rings. The van der Waals surface area contributed by atoms with Crippen molar-refractivity contribution in [3.63, 3.8) is 0 Å². The van der Waals surface area contributed by atoms with E-state index in [1.165, 1.54) is 23.0 Å². The van der Waals surface area contributed by atoms with Crippen molar-refractivity contribution < 1.29 is 22.3 Å². The third-order valence-electron chi connectivity index (χ3n) is 5.59. The summed E-state index contributed by atoms with van der Waals surface area (Å²) in [5, 5.41) is 4.22. The second kappa shape index (κ2) is 8.69. The van der Waals surface area contributed by atoms with Gasteiger partial charge in [-0.05, 0) is 32.9 Å². The lowest BCUT2D eigenvalue weighted by molar-refractivity contribution is -0.139. The number of halogens is 4. The smallest absolute Gasteiger partial charge is 0.375 e. The molecule has 0 saturated carbocycles. The summed E-state index contributed by atoms with van der Waals surface area (Å²) >= 11 is 0. The minimum absolute atomic E-state index is 0.139. The van der Waals surface area contributed by atoms with Crippen LogP contribution in [0.4, 0.5) is 23.2 Å². The summed E-state index contributed by atoms with van der Waals surface area (Å²) in [5.41, 5.74) is -1.57. The van der Waals surface area contributed by atoms with Crippen LogP contribution in [-0.2, 0) is 17.5 Å². The topological polar surface area (TPSA) is 57.2 Å². The molecule has 11 heteroatoms. The molecule has 0 N–H and O–H groups in total. The van der Waals surface area contributed by atoms with Gasteiger partial charge in [0.2, 0.25) is 0 Å². The lowest BCUT2D eigenvalue weighted by atomic mass is 10.1. The van der Waals surface area contributed by atoms with Gasteiger partial charge in [0, 0.05) is 49.0 Å². The van der Waals surface area contributed by atoms with Crippen LogP contribution in [0.5, 0.6) is 0 Å². The predicted octanol–water partition coefficient (Wildman–Crippen LogP) is 3.85. The molecule has 2 aromatic heterocycles. The number of anilines is 1. The quantitative estimate of drug-likeness (QED) is 0.535. The molecule has 1 aliphatic heterocycles. The predicted molar refractivity (Wildman–Crippen MR) is 114 cm³/mol. The molecule has 0 bridgehead atoms. The number of rotatable bonds is 5. The summed E-state index contributed by atoms with van der Waals surface area (Å²) in [7, 11) is 0. The monoisotopic (exact) mass is 467 g/mol. The van der Waals surface area contributed by atoms with Gasteiger partial charge in [-0.15, -0.1) is 0 Å². The van der Waals surface area contributed by atoms with Crippen LogP contribution < -0.4 is 10.6 Å². The van der Waals surface area contributed by atoms with Gasteiger partial charge in [-0.1, -0.05) is 0 Å². The van der Waals surface area contributed by atoms with Crippen molar-refractivity contribution in [2.24, 2.45) is 0 Å². The number of nitrogens with zero attached hydrogens (tertiary/aromatic N) is 5. The minimum Gasteiger partial charge on any atom is -0.375 e. The maximum absolute atomic E-state index is 15.0. The van der Waals surface area contributed by atoms with Crippen molar-refractivity contribution in [2.45, 2.75) is 45.6 Å². The number of hydrogen-bond donors (Lipinski definition) is 0. The molecule has 1 fully saturated rings. The maximum Gasteiger partial charge on any atom is 0.419 e. The number of hydrogen-bond acceptors (Lipinski definition) is 4. The van der Waals surface area contributed by atoms with Crippen molar-refractivity contribution in [3.8, 4) is 5.69 Å². The van der Waals surface area contributed by atoms with Gasteiger partial charge in [0.25, 0.3) is 0 Å². The Morgan fingerprint density at radius 1 is 1.24 bits per heavy atom. The van der Waals surface area contributed by atoms with E-state index in [2.05, 4.69) is 5.10 Å². The SMILES string of the molecule is CC(C)n1cc(Cn2ccn(-c3cc(N4CCO[C@H](C)C4)cc(C(F)(F)F)c3F)c2=O)cn1. The zero-order valence-electron chi connectivity index (χ0n) is 18.5. The lowest BCUT2D eigenvalue weighted by Crippen LogP contribution is -2.41. The maximum atomic E-state index is 15.0. The molecule has 0 unspecified atom stereocenters. The van der Waals surface area contributed by atoms with Crippen LogP contribution in [0.2, 0.25) is 0 Å². The van der Waals surface area contributed by atoms with Gasteiger partial charge in [0.1, 0.15) is 0 Å². The number of aromatic nitrogens is 4. The molecule has 4 rings (SSSR count). The fourth-order valence-corrected chi connectivity index (χ4v) is 3.87. The summed E-state index contributed by atoms with van der Waals surface area (Å²) in [6, 6.07) is 2.21. The van der Waals surface area contributed by atoms with E-state index in [9.17, 15) is 18.0 Å². The van der Waals surface area contributed by atoms with Crippen LogP contribution in [0.15, 0.2) is 41.7 Å². The number of morpholine rings is 1. The molecule has 1 saturated heterocycles. The third kappa shape index (κ3) is 4.68. The van der Waals surface area contributed by atoms with Gasteiger partial charge >= 0.3 is 11.9 Å². The van der Waals surface area contributed by atoms with Crippen molar-refractivity contribution in [2.75, 3.05) is 24.6 Å². The summed E-state index contributed by atoms with van der Waals surface area (Å²) in [6.45, 7) is 6.96. The fourth-order valence-electron chi connectivity index (χ4n) is 3.87. The molecule has 7 nitrogen and oxygen atoms in total. The number of alkyl halides is 3. The second-order valence-electron chi connectivity index (χ2n) is 8.45. The van der Waals surface area contributed by atoms with Gasteiger partial charge in [-0.2, -0.15) is 18.3 Å². The van der Waals surface area contributed by atoms with E-state index in [0.717, 1.165) is 16.2 Å². The highest BCUT2D eigenvalue weighted by Gasteiger charge is 2.37. The van der Waals surface area contributed by atoms with Gasteiger partial charge in [0.15, 0.2) is 5.82 Å². The van der Waals surface area contributed by atoms with Crippen LogP contribution in [0.1, 0.15) is 37.9 Å². The highest BCUT2D eigenvalue weighted by Crippen LogP contribution is 2.37. The molecule has 1 atom stereocenters. The average Bonchev–Trinajstić information content (AvgIpc) is 3.35. The van der Waals surface area contributed by atoms with Crippen LogP contribution in [0.3, 0.4) is 0 Å². The van der Waals surface area contributed by atoms with Crippen LogP contribution in [0, 0.1) is 5.82 Å². The Balaban J connectivity index is 1.75. The van der Waals surface area contributed by atoms with E-state index in [4.69, 9.17) is 4.74 Å². The Kier molecular flexibility index (Phi) is 6.08. The van der Waals surface area contributed by atoms with Gasteiger partial charge in [-0.25, -0.2) is 9.18 Å². The fraction of sp³-hybridized carbons (Fsp3) is 0.455. The van der Waals surface area contributed by atoms with E-state index in [-0.39, 0.29) is 24.4 Å². The molecule has 0 amide bonds. The molecule has 1 aromatic carbocycles. The minimum atomic E-state index is -4.91. The van der Waals surface area contributed by atoms with E-state index >= 15 is 4.39 Å². The molecule has 33 heavy (non-hydrogen) atoms. The number of benzene rings is 1. The molecule has 178 valence electrons. The molecular formula is C22H25F4N5O2. The average molecular weight is 467 g/mol. The van der Waals surface area contributed by atoms with E-state index in [1.807, 2.05) is 20.8 Å². The highest BCUT2D eigenvalue weighted by molar-refractivity contribution is 5.58. The first-order valence-electron chi connectivity index (χ1n) is 10.6. The first-order valence-corrected chi connectivity index (χ1v) is 10.6. The number of imidazole rings is 1. The summed E-state index contributed by atoms with van der Waals surface area (Å²) < 4.78 is 65.4. The van der Waals surface area contributed by atoms with Crippen molar-refractivity contribution >= 4 is 5.69 Å². The first kappa shape index (κ1) is 23.1. The largest absolute Gasteiger partial charge is 0.419 e. The van der Waals surface area contributed by atoms with Crippen LogP contribution in [-0.4, -0.2) is 44.7 Å². The second-order valence-corrected chi connectivity index (χ2v) is 8.45. The van der Waals surface area contributed by atoms with Crippen molar-refractivity contribution in [3.05, 3.63) is 64.3 Å². The van der Waals surface area contributed by atoms with Gasteiger partial charge < -0.3 is 9.64 Å². The first-order chi connectivity index (χ1) is 15.5. The van der Waals surface area contributed by atoms with Crippen LogP contribution in [0.25, 0.3) is 5.69 Å². The Labute approximate surface area is 187 Å². The number of ether oxygens (including phenoxy) is 1. The van der Waals surface area contributed by atoms with Crippen LogP contribution >= 0.6 is 0 Å². The Hall–Kier alpha value is -3.08. The van der Waals surface area contributed by atoms with E-state index in [0.29, 0.717) is 19.7 Å². The van der Waals surface area contributed by atoms with E-state index in [1.54, 1.807) is 22.0 Å². The standard InChI is InChI=1S/C22H25F4N5O2/c1-14(2)31-13-16(10-27-31)12-29-4-5-30(21(29)32)19-9-17(28-6-7-33-15(3)11-28)8-18(20(19)23)22(24,25)26/h4-5,8-10,13-15H,6-7,11-12H2,1-3H3/t15-/m1/s1. The van der Waals surface area contributed by atoms with Crippen molar-refractivity contribution in [1.29, 1.82) is 0 Å². The summed E-state index contributed by atoms with van der Waals surface area (Å²) in [6.07, 6.45) is 1.01. The third-order valence-corrected chi connectivity index (χ3v) is 5.59. The van der Waals surface area contributed by atoms with Crippen molar-refractivity contribution in [1.82, 2.24) is 18.9 Å². The highest BCUT2D eigenvalue weighted by atomic mass is 19.4. The Bertz CT molecular complexity index is 1190. The Morgan fingerprint density at radius 2 is 2.00 bits per heavy atom. The molecule has 0 aliphatic carbocycles. The van der Waals surface area contributed by atoms with Gasteiger partial charge in [-0.3, -0.25) is 13.8 Å². The normalized spacial score (nSPS) is 17.2. The zero-order valence-corrected chi connectivity index (χ0v) is 18.5.